The molecule has 1 heteroatoms. The number of rotatable bonds is 7. The van der Waals surface area contributed by atoms with E-state index >= 15 is 0 Å². The molecule has 0 aliphatic heterocycles. The van der Waals surface area contributed by atoms with Crippen molar-refractivity contribution >= 4 is 5.71 Å². The number of nitrogens with zero attached hydrogens (tertiary/aromatic N) is 1. The van der Waals surface area contributed by atoms with Crippen molar-refractivity contribution in [2.45, 2.75) is 72.6 Å². The van der Waals surface area contributed by atoms with Crippen molar-refractivity contribution in [1.29, 1.82) is 0 Å². The number of allylic oxidation sites excluding steroid dienone is 4. The molecule has 0 N–H and O–H groups in total. The molecule has 0 heterocycles. The molecule has 0 aromatic carbocycles. The Morgan fingerprint density at radius 2 is 2.22 bits per heavy atom. The lowest BCUT2D eigenvalue weighted by atomic mass is 9.89. The van der Waals surface area contributed by atoms with E-state index in [-0.39, 0.29) is 0 Å². The number of aliphatic imine (C=N–C) groups is 1. The minimum absolute atomic E-state index is 0.345. The Kier molecular flexibility index (Phi) is 9.69. The molecule has 0 saturated carbocycles. The van der Waals surface area contributed by atoms with Gasteiger partial charge in [0, 0.05) is 31.5 Å². The van der Waals surface area contributed by atoms with Crippen LogP contribution in [0.15, 0.2) is 28.8 Å². The lowest BCUT2D eigenvalue weighted by Gasteiger charge is -2.16. The molecule has 1 unspecified atom stereocenters. The third kappa shape index (κ3) is 8.80. The van der Waals surface area contributed by atoms with Crippen LogP contribution in [0.25, 0.3) is 0 Å². The first-order valence-electron chi connectivity index (χ1n) is 9.26. The van der Waals surface area contributed by atoms with Gasteiger partial charge in [0.1, 0.15) is 0 Å². The van der Waals surface area contributed by atoms with Crippen LogP contribution in [0.5, 0.6) is 0 Å². The summed E-state index contributed by atoms with van der Waals surface area (Å²) in [6, 6.07) is 0. The molecule has 0 aromatic rings. The van der Waals surface area contributed by atoms with Crippen molar-refractivity contribution in [1.82, 2.24) is 0 Å². The molecule has 0 fully saturated rings. The van der Waals surface area contributed by atoms with Gasteiger partial charge in [0.15, 0.2) is 0 Å². The van der Waals surface area contributed by atoms with E-state index < -0.39 is 0 Å². The van der Waals surface area contributed by atoms with Gasteiger partial charge in [-0.25, -0.2) is 0 Å². The van der Waals surface area contributed by atoms with Gasteiger partial charge in [0.2, 0.25) is 0 Å². The van der Waals surface area contributed by atoms with Gasteiger partial charge in [-0.2, -0.15) is 0 Å². The first-order chi connectivity index (χ1) is 11.0. The molecule has 2 atom stereocenters. The quantitative estimate of drug-likeness (QED) is 0.301. The second kappa shape index (κ2) is 11.3. The van der Waals surface area contributed by atoms with Crippen LogP contribution in [0.4, 0.5) is 0 Å². The van der Waals surface area contributed by atoms with Gasteiger partial charge in [-0.3, -0.25) is 4.99 Å². The molecule has 0 bridgehead atoms. The van der Waals surface area contributed by atoms with Crippen LogP contribution >= 0.6 is 0 Å². The van der Waals surface area contributed by atoms with Crippen LogP contribution in [0.2, 0.25) is 0 Å². The fourth-order valence-corrected chi connectivity index (χ4v) is 3.29. The lowest BCUT2D eigenvalue weighted by Crippen LogP contribution is -2.06. The van der Waals surface area contributed by atoms with Crippen LogP contribution < -0.4 is 0 Å². The molecule has 1 nitrogen and oxygen atoms in total. The molecular formula is C22H35N. The molecule has 1 aliphatic carbocycles. The van der Waals surface area contributed by atoms with E-state index in [1.807, 2.05) is 7.05 Å². The summed E-state index contributed by atoms with van der Waals surface area (Å²) < 4.78 is 0. The number of hydrogen-bond acceptors (Lipinski definition) is 1. The third-order valence-corrected chi connectivity index (χ3v) is 4.52. The average Bonchev–Trinajstić information content (AvgIpc) is 2.57. The second-order valence-corrected chi connectivity index (χ2v) is 7.28. The fraction of sp³-hybridized carbons (Fsp3) is 0.682. The van der Waals surface area contributed by atoms with Crippen LogP contribution in [0.1, 0.15) is 72.6 Å². The molecule has 128 valence electrons. The van der Waals surface area contributed by atoms with E-state index in [0.717, 1.165) is 37.5 Å². The minimum atomic E-state index is 0.345. The van der Waals surface area contributed by atoms with Crippen LogP contribution in [0.3, 0.4) is 0 Å². The summed E-state index contributed by atoms with van der Waals surface area (Å²) >= 11 is 0. The first kappa shape index (κ1) is 19.8. The van der Waals surface area contributed by atoms with Gasteiger partial charge < -0.3 is 0 Å². The standard InChI is InChI=1S/C22H35N/c1-6-7-8-12-22(23-5)17-21-11-9-10-20(15-18(2)3)14-13-19(4)16-21/h6-7,16,18,20-21H,8,10,12-15,17H2,1-5H3/b7-6-,19-16?,23-22?/t20-,21?/m0/s1. The van der Waals surface area contributed by atoms with E-state index in [4.69, 9.17) is 0 Å². The summed E-state index contributed by atoms with van der Waals surface area (Å²) in [7, 11) is 1.92. The largest absolute Gasteiger partial charge is 0.297 e. The molecule has 23 heavy (non-hydrogen) atoms. The second-order valence-electron chi connectivity index (χ2n) is 7.28. The van der Waals surface area contributed by atoms with Crippen molar-refractivity contribution < 1.29 is 0 Å². The van der Waals surface area contributed by atoms with E-state index in [1.165, 1.54) is 30.5 Å². The van der Waals surface area contributed by atoms with Crippen molar-refractivity contribution in [3.05, 3.63) is 23.8 Å². The maximum absolute atomic E-state index is 4.50. The summed E-state index contributed by atoms with van der Waals surface area (Å²) in [4.78, 5) is 4.50. The summed E-state index contributed by atoms with van der Waals surface area (Å²) in [6.07, 6.45) is 14.7. The summed E-state index contributed by atoms with van der Waals surface area (Å²) in [5.74, 6) is 8.89. The van der Waals surface area contributed by atoms with E-state index in [9.17, 15) is 0 Å². The highest BCUT2D eigenvalue weighted by Gasteiger charge is 2.13. The summed E-state index contributed by atoms with van der Waals surface area (Å²) in [5, 5.41) is 0. The molecule has 1 aliphatic rings. The molecule has 0 amide bonds. The highest BCUT2D eigenvalue weighted by atomic mass is 14.7. The Balaban J connectivity index is 2.71. The maximum atomic E-state index is 4.50. The Morgan fingerprint density at radius 3 is 2.87 bits per heavy atom. The molecule has 1 rings (SSSR count). The maximum Gasteiger partial charge on any atom is 0.0437 e. The lowest BCUT2D eigenvalue weighted by molar-refractivity contribution is 0.393. The molecule has 0 aromatic heterocycles. The van der Waals surface area contributed by atoms with Crippen molar-refractivity contribution in [3.8, 4) is 11.8 Å². The van der Waals surface area contributed by atoms with Gasteiger partial charge in [-0.1, -0.05) is 43.6 Å². The predicted molar refractivity (Wildman–Crippen MR) is 104 cm³/mol. The third-order valence-electron chi connectivity index (χ3n) is 4.52. The van der Waals surface area contributed by atoms with Crippen LogP contribution in [-0.4, -0.2) is 12.8 Å². The SMILES string of the molecule is C/C=C\CCC(CC1C#CC[C@H](CC(C)C)CCC(C)=C1)=NC. The predicted octanol–water partition coefficient (Wildman–Crippen LogP) is 6.22. The number of hydrogen-bond donors (Lipinski definition) is 0. The van der Waals surface area contributed by atoms with Gasteiger partial charge in [0.25, 0.3) is 0 Å². The zero-order chi connectivity index (χ0) is 17.1. The minimum Gasteiger partial charge on any atom is -0.297 e. The van der Waals surface area contributed by atoms with E-state index in [0.29, 0.717) is 5.92 Å². The Hall–Kier alpha value is -1.29. The zero-order valence-corrected chi connectivity index (χ0v) is 15.9. The smallest absolute Gasteiger partial charge is 0.0437 e. The van der Waals surface area contributed by atoms with Crippen LogP contribution in [0, 0.1) is 29.6 Å². The van der Waals surface area contributed by atoms with Crippen molar-refractivity contribution in [3.63, 3.8) is 0 Å². The Labute approximate surface area is 144 Å². The molecule has 0 radical (unpaired) electrons. The zero-order valence-electron chi connectivity index (χ0n) is 15.9. The van der Waals surface area contributed by atoms with Gasteiger partial charge >= 0.3 is 0 Å². The van der Waals surface area contributed by atoms with Crippen LogP contribution in [-0.2, 0) is 0 Å². The Morgan fingerprint density at radius 1 is 1.43 bits per heavy atom. The summed E-state index contributed by atoms with van der Waals surface area (Å²) in [5.41, 5.74) is 2.80. The van der Waals surface area contributed by atoms with E-state index in [1.54, 1.807) is 0 Å². The van der Waals surface area contributed by atoms with Gasteiger partial charge in [-0.15, -0.1) is 5.92 Å². The highest BCUT2D eigenvalue weighted by Crippen LogP contribution is 2.25. The van der Waals surface area contributed by atoms with E-state index in [2.05, 4.69) is 62.8 Å². The highest BCUT2D eigenvalue weighted by molar-refractivity contribution is 5.85. The first-order valence-corrected chi connectivity index (χ1v) is 9.26. The Bertz CT molecular complexity index is 482. The monoisotopic (exact) mass is 313 g/mol. The molecular weight excluding hydrogens is 278 g/mol. The summed E-state index contributed by atoms with van der Waals surface area (Å²) in [6.45, 7) is 8.99. The van der Waals surface area contributed by atoms with Crippen molar-refractivity contribution in [2.75, 3.05) is 7.05 Å². The average molecular weight is 314 g/mol. The normalized spacial score (nSPS) is 23.0. The molecule has 0 saturated heterocycles. The van der Waals surface area contributed by atoms with Gasteiger partial charge in [0.05, 0.1) is 0 Å². The topological polar surface area (TPSA) is 12.4 Å². The fourth-order valence-electron chi connectivity index (χ4n) is 3.29. The van der Waals surface area contributed by atoms with Crippen molar-refractivity contribution in [2.24, 2.45) is 22.7 Å². The van der Waals surface area contributed by atoms with Gasteiger partial charge in [-0.05, 0) is 57.8 Å². The molecule has 0 spiro atoms.